The summed E-state index contributed by atoms with van der Waals surface area (Å²) >= 11 is 0. The minimum Gasteiger partial charge on any atom is -0.478 e. The second-order valence-electron chi connectivity index (χ2n) is 3.42. The standard InChI is InChI=1S/C10H10FNO2/c11-8-4-1-6(10(13)14)5-9(8)12-7-2-3-7/h1,4-5,7,12H,2-3H2,(H,13,14). The zero-order valence-corrected chi connectivity index (χ0v) is 7.46. The van der Waals surface area contributed by atoms with Gasteiger partial charge >= 0.3 is 5.97 Å². The molecule has 1 aromatic carbocycles. The molecule has 4 heteroatoms. The highest BCUT2D eigenvalue weighted by atomic mass is 19.1. The van der Waals surface area contributed by atoms with Crippen molar-refractivity contribution in [1.82, 2.24) is 0 Å². The SMILES string of the molecule is O=C(O)c1ccc(F)c(NC2CC2)c1. The highest BCUT2D eigenvalue weighted by molar-refractivity contribution is 5.88. The Morgan fingerprint density at radius 3 is 2.79 bits per heavy atom. The number of nitrogens with one attached hydrogen (secondary N) is 1. The fraction of sp³-hybridized carbons (Fsp3) is 0.300. The maximum absolute atomic E-state index is 13.2. The second-order valence-corrected chi connectivity index (χ2v) is 3.42. The van der Waals surface area contributed by atoms with Crippen LogP contribution >= 0.6 is 0 Å². The minimum atomic E-state index is -1.04. The molecule has 74 valence electrons. The Labute approximate surface area is 80.6 Å². The molecule has 1 saturated carbocycles. The van der Waals surface area contributed by atoms with Gasteiger partial charge in [0, 0.05) is 6.04 Å². The molecule has 0 spiro atoms. The number of halogens is 1. The van der Waals surface area contributed by atoms with Gasteiger partial charge in [-0.05, 0) is 31.0 Å². The van der Waals surface area contributed by atoms with Gasteiger partial charge in [0.15, 0.2) is 0 Å². The van der Waals surface area contributed by atoms with Crippen molar-refractivity contribution in [3.8, 4) is 0 Å². The number of carboxylic acid groups (broad SMARTS) is 1. The topological polar surface area (TPSA) is 49.3 Å². The number of benzene rings is 1. The molecule has 0 atom stereocenters. The molecular weight excluding hydrogens is 185 g/mol. The monoisotopic (exact) mass is 195 g/mol. The van der Waals surface area contributed by atoms with E-state index in [0.717, 1.165) is 12.8 Å². The van der Waals surface area contributed by atoms with E-state index in [-0.39, 0.29) is 11.3 Å². The van der Waals surface area contributed by atoms with E-state index in [1.165, 1.54) is 18.2 Å². The van der Waals surface area contributed by atoms with Crippen molar-refractivity contribution >= 4 is 11.7 Å². The van der Waals surface area contributed by atoms with Gasteiger partial charge in [0.05, 0.1) is 11.3 Å². The molecule has 1 aromatic rings. The Morgan fingerprint density at radius 1 is 1.50 bits per heavy atom. The lowest BCUT2D eigenvalue weighted by Crippen LogP contribution is -2.05. The van der Waals surface area contributed by atoms with Crippen LogP contribution in [0.3, 0.4) is 0 Å². The number of anilines is 1. The fourth-order valence-corrected chi connectivity index (χ4v) is 1.22. The van der Waals surface area contributed by atoms with E-state index in [1.54, 1.807) is 0 Å². The third-order valence-corrected chi connectivity index (χ3v) is 2.15. The van der Waals surface area contributed by atoms with Crippen LogP contribution in [0.4, 0.5) is 10.1 Å². The Hall–Kier alpha value is -1.58. The first-order valence-electron chi connectivity index (χ1n) is 4.46. The van der Waals surface area contributed by atoms with E-state index in [2.05, 4.69) is 5.32 Å². The Kier molecular flexibility index (Phi) is 2.11. The first kappa shape index (κ1) is 8.99. The molecule has 3 nitrogen and oxygen atoms in total. The van der Waals surface area contributed by atoms with Crippen LogP contribution in [-0.2, 0) is 0 Å². The van der Waals surface area contributed by atoms with Crippen molar-refractivity contribution in [2.45, 2.75) is 18.9 Å². The van der Waals surface area contributed by atoms with Gasteiger partial charge in [0.1, 0.15) is 5.82 Å². The van der Waals surface area contributed by atoms with Crippen LogP contribution in [-0.4, -0.2) is 17.1 Å². The fourth-order valence-electron chi connectivity index (χ4n) is 1.22. The largest absolute Gasteiger partial charge is 0.478 e. The van der Waals surface area contributed by atoms with Gasteiger partial charge in [-0.3, -0.25) is 0 Å². The van der Waals surface area contributed by atoms with E-state index in [0.29, 0.717) is 6.04 Å². The summed E-state index contributed by atoms with van der Waals surface area (Å²) in [5.41, 5.74) is 0.391. The van der Waals surface area contributed by atoms with Crippen LogP contribution in [0.1, 0.15) is 23.2 Å². The number of rotatable bonds is 3. The average molecular weight is 195 g/mol. The predicted octanol–water partition coefficient (Wildman–Crippen LogP) is 2.10. The van der Waals surface area contributed by atoms with Gasteiger partial charge in [-0.1, -0.05) is 0 Å². The maximum Gasteiger partial charge on any atom is 0.335 e. The molecule has 14 heavy (non-hydrogen) atoms. The van der Waals surface area contributed by atoms with Crippen LogP contribution < -0.4 is 5.32 Å². The van der Waals surface area contributed by atoms with Crippen molar-refractivity contribution in [3.05, 3.63) is 29.6 Å². The average Bonchev–Trinajstić information content (AvgIpc) is 2.92. The molecule has 2 N–H and O–H groups in total. The first-order chi connectivity index (χ1) is 6.66. The number of carboxylic acids is 1. The summed E-state index contributed by atoms with van der Waals surface area (Å²) in [5.74, 6) is -1.44. The van der Waals surface area contributed by atoms with Crippen LogP contribution in [0.2, 0.25) is 0 Å². The van der Waals surface area contributed by atoms with Gasteiger partial charge in [-0.15, -0.1) is 0 Å². The lowest BCUT2D eigenvalue weighted by molar-refractivity contribution is 0.0697. The zero-order chi connectivity index (χ0) is 10.1. The third-order valence-electron chi connectivity index (χ3n) is 2.15. The van der Waals surface area contributed by atoms with Crippen LogP contribution in [0.15, 0.2) is 18.2 Å². The van der Waals surface area contributed by atoms with Crippen molar-refractivity contribution in [2.24, 2.45) is 0 Å². The molecule has 1 fully saturated rings. The summed E-state index contributed by atoms with van der Waals surface area (Å²) < 4.78 is 13.2. The molecule has 1 aliphatic carbocycles. The molecule has 0 unspecified atom stereocenters. The molecule has 0 bridgehead atoms. The zero-order valence-electron chi connectivity index (χ0n) is 7.46. The molecule has 0 amide bonds. The van der Waals surface area contributed by atoms with Gasteiger partial charge < -0.3 is 10.4 Å². The van der Waals surface area contributed by atoms with Crippen LogP contribution in [0.25, 0.3) is 0 Å². The lowest BCUT2D eigenvalue weighted by atomic mass is 10.2. The molecule has 1 aliphatic rings. The molecule has 0 aromatic heterocycles. The van der Waals surface area contributed by atoms with E-state index >= 15 is 0 Å². The van der Waals surface area contributed by atoms with E-state index < -0.39 is 11.8 Å². The van der Waals surface area contributed by atoms with Gasteiger partial charge in [-0.2, -0.15) is 0 Å². The summed E-state index contributed by atoms with van der Waals surface area (Å²) in [4.78, 5) is 10.6. The number of aromatic carboxylic acids is 1. The normalized spacial score (nSPS) is 15.2. The van der Waals surface area contributed by atoms with Crippen LogP contribution in [0, 0.1) is 5.82 Å². The Bertz CT molecular complexity index is 374. The van der Waals surface area contributed by atoms with Crippen molar-refractivity contribution in [2.75, 3.05) is 5.32 Å². The molecule has 0 aliphatic heterocycles. The quantitative estimate of drug-likeness (QED) is 0.776. The highest BCUT2D eigenvalue weighted by Crippen LogP contribution is 2.26. The maximum atomic E-state index is 13.2. The molecule has 2 rings (SSSR count). The number of hydrogen-bond acceptors (Lipinski definition) is 2. The Morgan fingerprint density at radius 2 is 2.21 bits per heavy atom. The second kappa shape index (κ2) is 3.29. The highest BCUT2D eigenvalue weighted by Gasteiger charge is 2.22. The molecule has 0 radical (unpaired) electrons. The van der Waals surface area contributed by atoms with Crippen molar-refractivity contribution < 1.29 is 14.3 Å². The summed E-state index contributed by atoms with van der Waals surface area (Å²) in [6, 6.07) is 4.08. The lowest BCUT2D eigenvalue weighted by Gasteiger charge is -2.06. The van der Waals surface area contributed by atoms with Gasteiger partial charge in [0.25, 0.3) is 0 Å². The smallest absolute Gasteiger partial charge is 0.335 e. The van der Waals surface area contributed by atoms with Crippen molar-refractivity contribution in [1.29, 1.82) is 0 Å². The van der Waals surface area contributed by atoms with E-state index in [4.69, 9.17) is 5.11 Å². The summed E-state index contributed by atoms with van der Waals surface area (Å²) in [6.07, 6.45) is 2.05. The first-order valence-corrected chi connectivity index (χ1v) is 4.46. The number of hydrogen-bond donors (Lipinski definition) is 2. The summed E-state index contributed by atoms with van der Waals surface area (Å²) in [6.45, 7) is 0. The van der Waals surface area contributed by atoms with Crippen LogP contribution in [0.5, 0.6) is 0 Å². The molecule has 0 saturated heterocycles. The van der Waals surface area contributed by atoms with Gasteiger partial charge in [0.2, 0.25) is 0 Å². The Balaban J connectivity index is 2.26. The van der Waals surface area contributed by atoms with E-state index in [9.17, 15) is 9.18 Å². The minimum absolute atomic E-state index is 0.106. The van der Waals surface area contributed by atoms with Crippen molar-refractivity contribution in [3.63, 3.8) is 0 Å². The van der Waals surface area contributed by atoms with Gasteiger partial charge in [-0.25, -0.2) is 9.18 Å². The number of carbonyl (C=O) groups is 1. The molecular formula is C10H10FNO2. The predicted molar refractivity (Wildman–Crippen MR) is 50.0 cm³/mol. The third kappa shape index (κ3) is 1.84. The molecule has 0 heterocycles. The van der Waals surface area contributed by atoms with E-state index in [1.807, 2.05) is 0 Å². The summed E-state index contributed by atoms with van der Waals surface area (Å²) in [7, 11) is 0. The summed E-state index contributed by atoms with van der Waals surface area (Å²) in [5, 5.41) is 11.6.